The number of esters is 2. The Morgan fingerprint density at radius 2 is 0.860 bits per heavy atom. The van der Waals surface area contributed by atoms with Crippen LogP contribution in [0, 0.1) is 0 Å². The summed E-state index contributed by atoms with van der Waals surface area (Å²) in [6.07, 6.45) is 46.7. The molecular weight excluding hydrogens is 737 g/mol. The van der Waals surface area contributed by atoms with E-state index in [2.05, 4.69) is 26.0 Å². The van der Waals surface area contributed by atoms with E-state index in [1.165, 1.54) is 180 Å². The fourth-order valence-electron chi connectivity index (χ4n) is 7.04. The largest absolute Gasteiger partial charge is 0.472 e. The molecule has 0 radical (unpaired) electrons. The van der Waals surface area contributed by atoms with Gasteiger partial charge in [-0.2, -0.15) is 0 Å². The number of carbonyl (C=O) groups is 2. The standard InChI is InChI=1S/C47H92NO8P/c1-3-5-7-9-11-13-15-17-19-21-22-24-26-28-30-32-34-36-38-40-47(50)56-45(44-55-57(51,52)54-42-41-48)43-53-46(49)39-37-35-33-31-29-27-25-23-20-18-16-14-12-10-8-6-4-2/h14,16,45H,3-13,15,17-44,48H2,1-2H3,(H,51,52)/b16-14+/t45-/m1/s1. The molecule has 0 fully saturated rings. The van der Waals surface area contributed by atoms with E-state index in [4.69, 9.17) is 24.3 Å². The molecule has 9 nitrogen and oxygen atoms in total. The van der Waals surface area contributed by atoms with Crippen LogP contribution >= 0.6 is 7.82 Å². The van der Waals surface area contributed by atoms with Gasteiger partial charge in [-0.15, -0.1) is 0 Å². The number of unbranched alkanes of at least 4 members (excludes halogenated alkanes) is 31. The molecule has 0 amide bonds. The van der Waals surface area contributed by atoms with Gasteiger partial charge in [0.2, 0.25) is 0 Å². The Kier molecular flexibility index (Phi) is 43.3. The number of phosphoric acid groups is 1. The van der Waals surface area contributed by atoms with E-state index < -0.39 is 26.5 Å². The highest BCUT2D eigenvalue weighted by Gasteiger charge is 2.26. The van der Waals surface area contributed by atoms with E-state index >= 15 is 0 Å². The first kappa shape index (κ1) is 55.8. The van der Waals surface area contributed by atoms with Crippen molar-refractivity contribution in [1.29, 1.82) is 0 Å². The summed E-state index contributed by atoms with van der Waals surface area (Å²) >= 11 is 0. The predicted molar refractivity (Wildman–Crippen MR) is 238 cm³/mol. The number of phosphoric ester groups is 1. The maximum Gasteiger partial charge on any atom is 0.472 e. The van der Waals surface area contributed by atoms with Crippen LogP contribution in [0.15, 0.2) is 12.2 Å². The third-order valence-corrected chi connectivity index (χ3v) is 11.6. The zero-order valence-corrected chi connectivity index (χ0v) is 38.2. The molecule has 338 valence electrons. The summed E-state index contributed by atoms with van der Waals surface area (Å²) in [7, 11) is -4.37. The molecule has 0 aliphatic carbocycles. The smallest absolute Gasteiger partial charge is 0.462 e. The Hall–Kier alpha value is -1.25. The van der Waals surface area contributed by atoms with Gasteiger partial charge in [-0.05, 0) is 38.5 Å². The Balaban J connectivity index is 4.04. The minimum absolute atomic E-state index is 0.0563. The fourth-order valence-corrected chi connectivity index (χ4v) is 7.81. The van der Waals surface area contributed by atoms with E-state index in [9.17, 15) is 19.0 Å². The van der Waals surface area contributed by atoms with Crippen molar-refractivity contribution in [3.05, 3.63) is 12.2 Å². The monoisotopic (exact) mass is 830 g/mol. The van der Waals surface area contributed by atoms with Crippen molar-refractivity contribution >= 4 is 19.8 Å². The molecule has 10 heteroatoms. The van der Waals surface area contributed by atoms with Crippen LogP contribution in [0.1, 0.15) is 245 Å². The minimum Gasteiger partial charge on any atom is -0.462 e. The van der Waals surface area contributed by atoms with Crippen molar-refractivity contribution in [2.24, 2.45) is 5.73 Å². The van der Waals surface area contributed by atoms with Crippen molar-refractivity contribution in [2.45, 2.75) is 251 Å². The van der Waals surface area contributed by atoms with Crippen molar-refractivity contribution in [3.63, 3.8) is 0 Å². The van der Waals surface area contributed by atoms with Gasteiger partial charge in [0.1, 0.15) is 6.61 Å². The normalized spacial score (nSPS) is 13.3. The minimum atomic E-state index is -4.37. The molecule has 0 aliphatic rings. The maximum absolute atomic E-state index is 12.6. The van der Waals surface area contributed by atoms with E-state index in [0.29, 0.717) is 6.42 Å². The van der Waals surface area contributed by atoms with Crippen LogP contribution in [-0.4, -0.2) is 49.3 Å². The lowest BCUT2D eigenvalue weighted by Gasteiger charge is -2.19. The summed E-state index contributed by atoms with van der Waals surface area (Å²) in [5.74, 6) is -0.816. The van der Waals surface area contributed by atoms with Crippen molar-refractivity contribution in [2.75, 3.05) is 26.4 Å². The van der Waals surface area contributed by atoms with Crippen LogP contribution in [0.3, 0.4) is 0 Å². The SMILES string of the molecule is CCCCCC/C=C/CCCCCCCCCCCC(=O)OC[C@H](COP(=O)(O)OCCN)OC(=O)CCCCCCCCCCCCCCCCCCCCC. The van der Waals surface area contributed by atoms with Crippen LogP contribution in [0.2, 0.25) is 0 Å². The molecule has 0 spiro atoms. The number of carbonyl (C=O) groups excluding carboxylic acids is 2. The number of ether oxygens (including phenoxy) is 2. The topological polar surface area (TPSA) is 134 Å². The highest BCUT2D eigenvalue weighted by Crippen LogP contribution is 2.43. The van der Waals surface area contributed by atoms with E-state index in [-0.39, 0.29) is 38.6 Å². The highest BCUT2D eigenvalue weighted by atomic mass is 31.2. The summed E-state index contributed by atoms with van der Waals surface area (Å²) in [6.45, 7) is 3.77. The van der Waals surface area contributed by atoms with Gasteiger partial charge in [-0.1, -0.05) is 206 Å². The predicted octanol–water partition coefficient (Wildman–Crippen LogP) is 14.2. The molecule has 0 bridgehead atoms. The number of nitrogens with two attached hydrogens (primary N) is 1. The second-order valence-corrected chi connectivity index (χ2v) is 17.8. The molecule has 3 N–H and O–H groups in total. The van der Waals surface area contributed by atoms with Crippen LogP contribution in [0.4, 0.5) is 0 Å². The van der Waals surface area contributed by atoms with Gasteiger partial charge in [-0.25, -0.2) is 4.57 Å². The molecule has 0 aromatic heterocycles. The molecule has 0 aliphatic heterocycles. The Morgan fingerprint density at radius 1 is 0.509 bits per heavy atom. The van der Waals surface area contributed by atoms with E-state index in [1.54, 1.807) is 0 Å². The zero-order valence-electron chi connectivity index (χ0n) is 37.3. The summed E-state index contributed by atoms with van der Waals surface area (Å²) < 4.78 is 32.9. The van der Waals surface area contributed by atoms with Gasteiger partial charge in [-0.3, -0.25) is 18.6 Å². The van der Waals surface area contributed by atoms with Crippen molar-refractivity contribution in [1.82, 2.24) is 0 Å². The lowest BCUT2D eigenvalue weighted by molar-refractivity contribution is -0.161. The first-order valence-corrected chi connectivity index (χ1v) is 25.7. The van der Waals surface area contributed by atoms with E-state index in [1.807, 2.05) is 0 Å². The lowest BCUT2D eigenvalue weighted by Crippen LogP contribution is -2.29. The summed E-state index contributed by atoms with van der Waals surface area (Å²) in [6, 6.07) is 0. The maximum atomic E-state index is 12.6. The van der Waals surface area contributed by atoms with Gasteiger partial charge in [0.25, 0.3) is 0 Å². The highest BCUT2D eigenvalue weighted by molar-refractivity contribution is 7.47. The first-order chi connectivity index (χ1) is 27.8. The third-order valence-electron chi connectivity index (χ3n) is 10.7. The van der Waals surface area contributed by atoms with Gasteiger partial charge in [0.05, 0.1) is 13.2 Å². The second kappa shape index (κ2) is 44.3. The molecule has 0 saturated carbocycles. The van der Waals surface area contributed by atoms with Gasteiger partial charge < -0.3 is 20.1 Å². The average Bonchev–Trinajstić information content (AvgIpc) is 3.20. The van der Waals surface area contributed by atoms with Crippen molar-refractivity contribution in [3.8, 4) is 0 Å². The van der Waals surface area contributed by atoms with Crippen LogP contribution in [-0.2, 0) is 32.7 Å². The van der Waals surface area contributed by atoms with Crippen LogP contribution in [0.5, 0.6) is 0 Å². The van der Waals surface area contributed by atoms with E-state index in [0.717, 1.165) is 32.1 Å². The number of rotatable bonds is 46. The molecule has 2 atom stereocenters. The number of hydrogen-bond donors (Lipinski definition) is 2. The molecule has 0 aromatic rings. The molecule has 57 heavy (non-hydrogen) atoms. The summed E-state index contributed by atoms with van der Waals surface area (Å²) in [5.41, 5.74) is 5.36. The Bertz CT molecular complexity index is 948. The zero-order chi connectivity index (χ0) is 41.8. The quantitative estimate of drug-likeness (QED) is 0.0266. The Labute approximate surface area is 351 Å². The lowest BCUT2D eigenvalue weighted by atomic mass is 10.0. The van der Waals surface area contributed by atoms with Crippen LogP contribution in [0.25, 0.3) is 0 Å². The fraction of sp³-hybridized carbons (Fsp3) is 0.915. The molecule has 0 aromatic carbocycles. The third kappa shape index (κ3) is 44.1. The molecule has 1 unspecified atom stereocenters. The summed E-state index contributed by atoms with van der Waals surface area (Å²) in [5, 5.41) is 0. The molecule has 0 saturated heterocycles. The average molecular weight is 830 g/mol. The summed E-state index contributed by atoms with van der Waals surface area (Å²) in [4.78, 5) is 35.0. The second-order valence-electron chi connectivity index (χ2n) is 16.3. The first-order valence-electron chi connectivity index (χ1n) is 24.2. The van der Waals surface area contributed by atoms with Gasteiger partial charge in [0.15, 0.2) is 6.10 Å². The Morgan fingerprint density at radius 3 is 1.26 bits per heavy atom. The van der Waals surface area contributed by atoms with Gasteiger partial charge >= 0.3 is 19.8 Å². The molecule has 0 rings (SSSR count). The number of allylic oxidation sites excluding steroid dienone is 2. The molecule has 0 heterocycles. The van der Waals surface area contributed by atoms with Crippen LogP contribution < -0.4 is 5.73 Å². The van der Waals surface area contributed by atoms with Crippen molar-refractivity contribution < 1.29 is 37.6 Å². The number of hydrogen-bond acceptors (Lipinski definition) is 8. The molecular formula is C47H92NO8P. The van der Waals surface area contributed by atoms with Gasteiger partial charge in [0, 0.05) is 19.4 Å².